The van der Waals surface area contributed by atoms with Crippen molar-refractivity contribution in [3.05, 3.63) is 53.6 Å². The maximum absolute atomic E-state index is 12.7. The van der Waals surface area contributed by atoms with Crippen LogP contribution in [0.4, 0.5) is 5.69 Å². The van der Waals surface area contributed by atoms with Gasteiger partial charge in [0, 0.05) is 25.2 Å². The molecular weight excluding hydrogens is 352 g/mol. The number of rotatable bonds is 6. The monoisotopic (exact) mass is 374 g/mol. The highest BCUT2D eigenvalue weighted by molar-refractivity contribution is 7.89. The molecule has 1 aliphatic heterocycles. The molecule has 3 rings (SSSR count). The molecule has 2 aromatic rings. The second-order valence-corrected chi connectivity index (χ2v) is 8.01. The van der Waals surface area contributed by atoms with Gasteiger partial charge >= 0.3 is 0 Å². The van der Waals surface area contributed by atoms with E-state index < -0.39 is 10.0 Å². The molecule has 138 valence electrons. The Hall–Kier alpha value is -2.38. The van der Waals surface area contributed by atoms with Crippen molar-refractivity contribution in [2.24, 2.45) is 0 Å². The number of methoxy groups -OCH3 is 1. The van der Waals surface area contributed by atoms with Crippen LogP contribution in [0.15, 0.2) is 47.4 Å². The lowest BCUT2D eigenvalue weighted by Gasteiger charge is -2.18. The number of anilines is 1. The number of carbonyl (C=O) groups is 1. The van der Waals surface area contributed by atoms with E-state index in [9.17, 15) is 13.2 Å². The average molecular weight is 374 g/mol. The second kappa shape index (κ2) is 7.47. The molecule has 1 aliphatic rings. The Balaban J connectivity index is 1.77. The van der Waals surface area contributed by atoms with E-state index in [1.54, 1.807) is 49.3 Å². The molecule has 2 aromatic carbocycles. The third kappa shape index (κ3) is 3.89. The molecule has 0 spiro atoms. The van der Waals surface area contributed by atoms with Gasteiger partial charge in [-0.15, -0.1) is 0 Å². The van der Waals surface area contributed by atoms with Crippen molar-refractivity contribution in [1.82, 2.24) is 4.72 Å². The van der Waals surface area contributed by atoms with Gasteiger partial charge in [-0.05, 0) is 54.8 Å². The number of aryl methyl sites for hydroxylation is 1. The summed E-state index contributed by atoms with van der Waals surface area (Å²) in [4.78, 5) is 13.8. The molecule has 0 saturated carbocycles. The van der Waals surface area contributed by atoms with E-state index in [1.807, 2.05) is 12.1 Å². The summed E-state index contributed by atoms with van der Waals surface area (Å²) >= 11 is 0. The molecule has 26 heavy (non-hydrogen) atoms. The Labute approximate surface area is 153 Å². The molecular formula is C19H22N2O4S. The predicted molar refractivity (Wildman–Crippen MR) is 99.8 cm³/mol. The molecule has 1 heterocycles. The molecule has 7 heteroatoms. The van der Waals surface area contributed by atoms with E-state index in [2.05, 4.69) is 4.72 Å². The molecule has 0 bridgehead atoms. The van der Waals surface area contributed by atoms with Gasteiger partial charge in [0.1, 0.15) is 5.75 Å². The maximum atomic E-state index is 12.7. The van der Waals surface area contributed by atoms with Crippen LogP contribution in [0.5, 0.6) is 5.75 Å². The minimum Gasteiger partial charge on any atom is -0.497 e. The van der Waals surface area contributed by atoms with E-state index in [-0.39, 0.29) is 17.3 Å². The van der Waals surface area contributed by atoms with Crippen molar-refractivity contribution in [2.75, 3.05) is 18.6 Å². The smallest absolute Gasteiger partial charge is 0.241 e. The first kappa shape index (κ1) is 18.4. The summed E-state index contributed by atoms with van der Waals surface area (Å²) in [6.45, 7) is 2.59. The fourth-order valence-electron chi connectivity index (χ4n) is 3.06. The van der Waals surface area contributed by atoms with Gasteiger partial charge in [0.05, 0.1) is 12.0 Å². The summed E-state index contributed by atoms with van der Waals surface area (Å²) in [6, 6.07) is 12.2. The van der Waals surface area contributed by atoms with Crippen LogP contribution < -0.4 is 14.4 Å². The fourth-order valence-corrected chi connectivity index (χ4v) is 4.30. The van der Waals surface area contributed by atoms with Crippen LogP contribution in [0.3, 0.4) is 0 Å². The molecule has 1 amide bonds. The van der Waals surface area contributed by atoms with E-state index >= 15 is 0 Å². The fraction of sp³-hybridized carbons (Fsp3) is 0.316. The quantitative estimate of drug-likeness (QED) is 0.843. The summed E-state index contributed by atoms with van der Waals surface area (Å²) in [5.74, 6) is 0.758. The summed E-state index contributed by atoms with van der Waals surface area (Å²) < 4.78 is 33.1. The normalized spacial score (nSPS) is 14.7. The second-order valence-electron chi connectivity index (χ2n) is 6.27. The number of nitrogens with zero attached hydrogens (tertiary/aromatic N) is 1. The third-order valence-corrected chi connectivity index (χ3v) is 6.00. The highest BCUT2D eigenvalue weighted by atomic mass is 32.2. The van der Waals surface area contributed by atoms with Crippen molar-refractivity contribution < 1.29 is 17.9 Å². The van der Waals surface area contributed by atoms with Crippen molar-refractivity contribution in [1.29, 1.82) is 0 Å². The Morgan fingerprint density at radius 2 is 2.00 bits per heavy atom. The first-order chi connectivity index (χ1) is 12.4. The number of carbonyl (C=O) groups excluding carboxylic acids is 1. The first-order valence-corrected chi connectivity index (χ1v) is 9.92. The van der Waals surface area contributed by atoms with Crippen molar-refractivity contribution in [2.45, 2.75) is 31.2 Å². The zero-order chi connectivity index (χ0) is 18.7. The van der Waals surface area contributed by atoms with Crippen molar-refractivity contribution in [3.8, 4) is 5.75 Å². The molecule has 0 atom stereocenters. The minimum atomic E-state index is -3.66. The Morgan fingerprint density at radius 3 is 2.65 bits per heavy atom. The van der Waals surface area contributed by atoms with Gasteiger partial charge < -0.3 is 9.64 Å². The van der Waals surface area contributed by atoms with E-state index in [0.717, 1.165) is 17.7 Å². The van der Waals surface area contributed by atoms with E-state index in [4.69, 9.17) is 4.74 Å². The third-order valence-electron chi connectivity index (χ3n) is 4.43. The lowest BCUT2D eigenvalue weighted by atomic mass is 10.2. The van der Waals surface area contributed by atoms with Gasteiger partial charge in [0.15, 0.2) is 0 Å². The molecule has 1 N–H and O–H groups in total. The zero-order valence-corrected chi connectivity index (χ0v) is 15.7. The molecule has 0 unspecified atom stereocenters. The number of amides is 1. The summed E-state index contributed by atoms with van der Waals surface area (Å²) in [6.07, 6.45) is 1.38. The van der Waals surface area contributed by atoms with Crippen molar-refractivity contribution in [3.63, 3.8) is 0 Å². The van der Waals surface area contributed by atoms with E-state index in [0.29, 0.717) is 24.3 Å². The molecule has 6 nitrogen and oxygen atoms in total. The highest BCUT2D eigenvalue weighted by Crippen LogP contribution is 2.26. The number of sulfonamides is 1. The van der Waals surface area contributed by atoms with Gasteiger partial charge in [-0.2, -0.15) is 0 Å². The van der Waals surface area contributed by atoms with Crippen LogP contribution >= 0.6 is 0 Å². The lowest BCUT2D eigenvalue weighted by molar-refractivity contribution is -0.117. The molecule has 1 saturated heterocycles. The van der Waals surface area contributed by atoms with Crippen LogP contribution in [0.1, 0.15) is 24.0 Å². The number of ether oxygens (including phenoxy) is 1. The molecule has 0 aliphatic carbocycles. The largest absolute Gasteiger partial charge is 0.497 e. The number of benzene rings is 2. The summed E-state index contributed by atoms with van der Waals surface area (Å²) in [7, 11) is -2.09. The van der Waals surface area contributed by atoms with Gasteiger partial charge in [-0.1, -0.05) is 12.1 Å². The maximum Gasteiger partial charge on any atom is 0.241 e. The standard InChI is InChI=1S/C19H22N2O4S/c1-14-11-16(21-10-4-7-19(21)22)8-9-18(14)26(23,24)20-13-15-5-3-6-17(12-15)25-2/h3,5-6,8-9,11-12,20H,4,7,10,13H2,1-2H3. The SMILES string of the molecule is COc1cccc(CNS(=O)(=O)c2ccc(N3CCCC3=O)cc2C)c1. The van der Waals surface area contributed by atoms with Gasteiger partial charge in [0.2, 0.25) is 15.9 Å². The Bertz CT molecular complexity index is 925. The average Bonchev–Trinajstić information content (AvgIpc) is 3.06. The zero-order valence-electron chi connectivity index (χ0n) is 14.9. The van der Waals surface area contributed by atoms with Gasteiger partial charge in [0.25, 0.3) is 0 Å². The van der Waals surface area contributed by atoms with E-state index in [1.165, 1.54) is 0 Å². The van der Waals surface area contributed by atoms with Gasteiger partial charge in [-0.3, -0.25) is 4.79 Å². The highest BCUT2D eigenvalue weighted by Gasteiger charge is 2.23. The number of hydrogen-bond donors (Lipinski definition) is 1. The Morgan fingerprint density at radius 1 is 1.19 bits per heavy atom. The van der Waals surface area contributed by atoms with Crippen LogP contribution in [-0.4, -0.2) is 28.0 Å². The van der Waals surface area contributed by atoms with Crippen LogP contribution in [0, 0.1) is 6.92 Å². The van der Waals surface area contributed by atoms with Crippen LogP contribution in [-0.2, 0) is 21.4 Å². The summed E-state index contributed by atoms with van der Waals surface area (Å²) in [5, 5.41) is 0. The number of nitrogens with one attached hydrogen (secondary N) is 1. The van der Waals surface area contributed by atoms with Crippen LogP contribution in [0.2, 0.25) is 0 Å². The lowest BCUT2D eigenvalue weighted by Crippen LogP contribution is -2.25. The topological polar surface area (TPSA) is 75.7 Å². The van der Waals surface area contributed by atoms with Gasteiger partial charge in [-0.25, -0.2) is 13.1 Å². The first-order valence-electron chi connectivity index (χ1n) is 8.44. The predicted octanol–water partition coefficient (Wildman–Crippen LogP) is 2.61. The minimum absolute atomic E-state index is 0.0798. The summed E-state index contributed by atoms with van der Waals surface area (Å²) in [5.41, 5.74) is 2.17. The van der Waals surface area contributed by atoms with Crippen LogP contribution in [0.25, 0.3) is 0 Å². The molecule has 0 radical (unpaired) electrons. The Kier molecular flexibility index (Phi) is 5.29. The molecule has 0 aromatic heterocycles. The number of hydrogen-bond acceptors (Lipinski definition) is 4. The van der Waals surface area contributed by atoms with Crippen molar-refractivity contribution >= 4 is 21.6 Å². The molecule has 1 fully saturated rings.